The van der Waals surface area contributed by atoms with E-state index in [9.17, 15) is 0 Å². The van der Waals surface area contributed by atoms with Crippen LogP contribution in [-0.2, 0) is 0 Å². The molecule has 2 N–H and O–H groups in total. The van der Waals surface area contributed by atoms with Gasteiger partial charge in [-0.2, -0.15) is 0 Å². The molecule has 0 atom stereocenters. The van der Waals surface area contributed by atoms with Gasteiger partial charge in [0.1, 0.15) is 0 Å². The Morgan fingerprint density at radius 2 is 1.53 bits per heavy atom. The quantitative estimate of drug-likeness (QED) is 0.762. The molecule has 0 radical (unpaired) electrons. The van der Waals surface area contributed by atoms with E-state index in [0.717, 1.165) is 11.1 Å². The van der Waals surface area contributed by atoms with Gasteiger partial charge in [-0.1, -0.05) is 55.8 Å². The van der Waals surface area contributed by atoms with Crippen LogP contribution in [0.25, 0.3) is 11.1 Å². The number of nitrogen functional groups attached to an aromatic ring is 1. The van der Waals surface area contributed by atoms with Crippen LogP contribution in [0.5, 0.6) is 0 Å². The SMILES string of the molecule is CC(C)c1ccc(-c2ccc(Cl)c(N)c2)cc1. The summed E-state index contributed by atoms with van der Waals surface area (Å²) in [6.45, 7) is 4.38. The van der Waals surface area contributed by atoms with Crippen molar-refractivity contribution in [3.63, 3.8) is 0 Å². The molecule has 0 unspecified atom stereocenters. The molecular formula is C15H16ClN. The Morgan fingerprint density at radius 3 is 2.06 bits per heavy atom. The molecule has 2 aromatic carbocycles. The van der Waals surface area contributed by atoms with Gasteiger partial charge in [0.15, 0.2) is 0 Å². The Morgan fingerprint density at radius 1 is 0.941 bits per heavy atom. The van der Waals surface area contributed by atoms with Crippen LogP contribution in [0.1, 0.15) is 25.3 Å². The number of halogens is 1. The number of benzene rings is 2. The van der Waals surface area contributed by atoms with Crippen LogP contribution in [-0.4, -0.2) is 0 Å². The predicted molar refractivity (Wildman–Crippen MR) is 75.4 cm³/mol. The maximum absolute atomic E-state index is 5.91. The first-order valence-corrected chi connectivity index (χ1v) is 6.11. The summed E-state index contributed by atoms with van der Waals surface area (Å²) in [5, 5.41) is 0.604. The topological polar surface area (TPSA) is 26.0 Å². The summed E-state index contributed by atoms with van der Waals surface area (Å²) in [6, 6.07) is 14.3. The van der Waals surface area contributed by atoms with Gasteiger partial charge in [-0.05, 0) is 34.7 Å². The van der Waals surface area contributed by atoms with Crippen LogP contribution >= 0.6 is 11.6 Å². The van der Waals surface area contributed by atoms with E-state index in [0.29, 0.717) is 16.6 Å². The molecule has 0 heterocycles. The number of rotatable bonds is 2. The lowest BCUT2D eigenvalue weighted by Crippen LogP contribution is -1.89. The largest absolute Gasteiger partial charge is 0.398 e. The van der Waals surface area contributed by atoms with E-state index in [1.807, 2.05) is 18.2 Å². The fourth-order valence-electron chi connectivity index (χ4n) is 1.78. The summed E-state index contributed by atoms with van der Waals surface area (Å²) in [5.74, 6) is 0.555. The molecule has 0 aliphatic carbocycles. The molecule has 0 spiro atoms. The average Bonchev–Trinajstić information content (AvgIpc) is 2.33. The molecule has 2 heteroatoms. The highest BCUT2D eigenvalue weighted by Crippen LogP contribution is 2.27. The third kappa shape index (κ3) is 2.62. The van der Waals surface area contributed by atoms with Gasteiger partial charge in [0.25, 0.3) is 0 Å². The summed E-state index contributed by atoms with van der Waals surface area (Å²) in [7, 11) is 0. The molecular weight excluding hydrogens is 230 g/mol. The normalized spacial score (nSPS) is 10.8. The summed E-state index contributed by atoms with van der Waals surface area (Å²) >= 11 is 5.91. The Balaban J connectivity index is 2.36. The molecule has 2 rings (SSSR count). The third-order valence-corrected chi connectivity index (χ3v) is 3.25. The molecule has 2 aromatic rings. The minimum Gasteiger partial charge on any atom is -0.398 e. The van der Waals surface area contributed by atoms with Crippen molar-refractivity contribution in [3.8, 4) is 11.1 Å². The second kappa shape index (κ2) is 4.80. The summed E-state index contributed by atoms with van der Waals surface area (Å²) in [4.78, 5) is 0. The second-order valence-electron chi connectivity index (χ2n) is 4.51. The molecule has 0 aliphatic rings. The molecule has 0 aliphatic heterocycles. The monoisotopic (exact) mass is 245 g/mol. The molecule has 0 saturated heterocycles. The van der Waals surface area contributed by atoms with Gasteiger partial charge in [-0.15, -0.1) is 0 Å². The van der Waals surface area contributed by atoms with Gasteiger partial charge in [0, 0.05) is 0 Å². The van der Waals surface area contributed by atoms with Gasteiger partial charge in [0.2, 0.25) is 0 Å². The van der Waals surface area contributed by atoms with Gasteiger partial charge < -0.3 is 5.73 Å². The number of hydrogen-bond acceptors (Lipinski definition) is 1. The molecule has 0 saturated carbocycles. The van der Waals surface area contributed by atoms with Crippen LogP contribution < -0.4 is 5.73 Å². The molecule has 0 aromatic heterocycles. The molecule has 0 fully saturated rings. The zero-order chi connectivity index (χ0) is 12.4. The maximum Gasteiger partial charge on any atom is 0.0635 e. The zero-order valence-electron chi connectivity index (χ0n) is 10.1. The highest BCUT2D eigenvalue weighted by atomic mass is 35.5. The molecule has 17 heavy (non-hydrogen) atoms. The van der Waals surface area contributed by atoms with Crippen LogP contribution in [0.15, 0.2) is 42.5 Å². The van der Waals surface area contributed by atoms with Crippen molar-refractivity contribution in [2.75, 3.05) is 5.73 Å². The van der Waals surface area contributed by atoms with E-state index in [4.69, 9.17) is 17.3 Å². The van der Waals surface area contributed by atoms with Crippen LogP contribution in [0.3, 0.4) is 0 Å². The second-order valence-corrected chi connectivity index (χ2v) is 4.92. The first-order chi connectivity index (χ1) is 8.08. The summed E-state index contributed by atoms with van der Waals surface area (Å²) in [5.41, 5.74) is 10.0. The maximum atomic E-state index is 5.91. The zero-order valence-corrected chi connectivity index (χ0v) is 10.8. The summed E-state index contributed by atoms with van der Waals surface area (Å²) < 4.78 is 0. The van der Waals surface area contributed by atoms with E-state index in [1.165, 1.54) is 5.56 Å². The fourth-order valence-corrected chi connectivity index (χ4v) is 1.90. The highest BCUT2D eigenvalue weighted by Gasteiger charge is 2.03. The van der Waals surface area contributed by atoms with Crippen molar-refractivity contribution >= 4 is 17.3 Å². The molecule has 0 bridgehead atoms. The first-order valence-electron chi connectivity index (χ1n) is 5.73. The number of hydrogen-bond donors (Lipinski definition) is 1. The van der Waals surface area contributed by atoms with Crippen LogP contribution in [0, 0.1) is 0 Å². The molecule has 0 amide bonds. The van der Waals surface area contributed by atoms with Crippen LogP contribution in [0.4, 0.5) is 5.69 Å². The van der Waals surface area contributed by atoms with Gasteiger partial charge in [0.05, 0.1) is 10.7 Å². The number of anilines is 1. The minimum absolute atomic E-state index is 0.555. The van der Waals surface area contributed by atoms with Crippen molar-refractivity contribution in [1.82, 2.24) is 0 Å². The Kier molecular flexibility index (Phi) is 3.39. The first kappa shape index (κ1) is 12.0. The van der Waals surface area contributed by atoms with E-state index >= 15 is 0 Å². The highest BCUT2D eigenvalue weighted by molar-refractivity contribution is 6.33. The molecule has 1 nitrogen and oxygen atoms in total. The van der Waals surface area contributed by atoms with E-state index in [2.05, 4.69) is 38.1 Å². The standard InChI is InChI=1S/C15H16ClN/c1-10(2)11-3-5-12(6-4-11)13-7-8-14(16)15(17)9-13/h3-10H,17H2,1-2H3. The van der Waals surface area contributed by atoms with Gasteiger partial charge in [-0.3, -0.25) is 0 Å². The Labute approximate surface area is 107 Å². The lowest BCUT2D eigenvalue weighted by molar-refractivity contribution is 0.867. The van der Waals surface area contributed by atoms with Crippen molar-refractivity contribution in [2.24, 2.45) is 0 Å². The van der Waals surface area contributed by atoms with Crippen molar-refractivity contribution in [2.45, 2.75) is 19.8 Å². The van der Waals surface area contributed by atoms with Crippen molar-refractivity contribution < 1.29 is 0 Å². The van der Waals surface area contributed by atoms with E-state index in [1.54, 1.807) is 0 Å². The lowest BCUT2D eigenvalue weighted by Gasteiger charge is -2.08. The lowest BCUT2D eigenvalue weighted by atomic mass is 9.99. The van der Waals surface area contributed by atoms with Gasteiger partial charge in [-0.25, -0.2) is 0 Å². The van der Waals surface area contributed by atoms with Crippen molar-refractivity contribution in [1.29, 1.82) is 0 Å². The van der Waals surface area contributed by atoms with Crippen LogP contribution in [0.2, 0.25) is 5.02 Å². The Bertz CT molecular complexity index is 515. The minimum atomic E-state index is 0.555. The third-order valence-electron chi connectivity index (χ3n) is 2.91. The molecule has 88 valence electrons. The number of nitrogens with two attached hydrogens (primary N) is 1. The van der Waals surface area contributed by atoms with E-state index < -0.39 is 0 Å². The average molecular weight is 246 g/mol. The van der Waals surface area contributed by atoms with Crippen molar-refractivity contribution in [3.05, 3.63) is 53.1 Å². The fraction of sp³-hybridized carbons (Fsp3) is 0.200. The van der Waals surface area contributed by atoms with E-state index in [-0.39, 0.29) is 0 Å². The summed E-state index contributed by atoms with van der Waals surface area (Å²) in [6.07, 6.45) is 0. The predicted octanol–water partition coefficient (Wildman–Crippen LogP) is 4.71. The smallest absolute Gasteiger partial charge is 0.0635 e. The van der Waals surface area contributed by atoms with Gasteiger partial charge >= 0.3 is 0 Å². The Hall–Kier alpha value is -1.47.